The molecular weight excluding hydrogens is 236 g/mol. The number of nitrogens with zero attached hydrogens (tertiary/aromatic N) is 1. The van der Waals surface area contributed by atoms with E-state index in [0.29, 0.717) is 17.8 Å². The molecular formula is C16H24N2O. The van der Waals surface area contributed by atoms with Crippen LogP contribution in [0.3, 0.4) is 0 Å². The van der Waals surface area contributed by atoms with Gasteiger partial charge in [0.25, 0.3) is 0 Å². The fourth-order valence-corrected chi connectivity index (χ4v) is 3.59. The number of fused-ring (bicyclic) bond motifs is 1. The van der Waals surface area contributed by atoms with Crippen LogP contribution in [0.25, 0.3) is 0 Å². The Balaban J connectivity index is 1.57. The van der Waals surface area contributed by atoms with Crippen LogP contribution in [-0.4, -0.2) is 35.2 Å². The third-order valence-corrected chi connectivity index (χ3v) is 4.70. The molecule has 0 aromatic heterocycles. The molecule has 3 rings (SSSR count). The summed E-state index contributed by atoms with van der Waals surface area (Å²) in [5.74, 6) is 0.343. The molecule has 0 spiro atoms. The number of hydrogen-bond donors (Lipinski definition) is 2. The highest BCUT2D eigenvalue weighted by Gasteiger charge is 2.31. The van der Waals surface area contributed by atoms with Crippen molar-refractivity contribution in [2.24, 2.45) is 0 Å². The summed E-state index contributed by atoms with van der Waals surface area (Å²) in [6, 6.07) is 9.38. The normalized spacial score (nSPS) is 29.1. The number of hydrogen-bond acceptors (Lipinski definition) is 3. The van der Waals surface area contributed by atoms with Gasteiger partial charge in [-0.3, -0.25) is 0 Å². The van der Waals surface area contributed by atoms with E-state index in [1.54, 1.807) is 12.1 Å². The van der Waals surface area contributed by atoms with Crippen LogP contribution in [0, 0.1) is 0 Å². The standard InChI is InChI=1S/C16H24N2O/c1-12(13-4-6-16(19)7-5-13)17-14-8-10-18-9-2-3-15(18)11-14/h4-7,12,14-15,17,19H,2-3,8-11H2,1H3. The summed E-state index contributed by atoms with van der Waals surface area (Å²) in [5, 5.41) is 13.1. The zero-order chi connectivity index (χ0) is 13.2. The van der Waals surface area contributed by atoms with Crippen molar-refractivity contribution in [3.05, 3.63) is 29.8 Å². The lowest BCUT2D eigenvalue weighted by molar-refractivity contribution is 0.162. The predicted molar refractivity (Wildman–Crippen MR) is 77.3 cm³/mol. The first kappa shape index (κ1) is 12.9. The molecule has 3 nitrogen and oxygen atoms in total. The fourth-order valence-electron chi connectivity index (χ4n) is 3.59. The Morgan fingerprint density at radius 2 is 2.00 bits per heavy atom. The van der Waals surface area contributed by atoms with E-state index in [4.69, 9.17) is 0 Å². The second kappa shape index (κ2) is 5.51. The van der Waals surface area contributed by atoms with E-state index in [2.05, 4.69) is 17.1 Å². The number of benzene rings is 1. The maximum Gasteiger partial charge on any atom is 0.115 e. The van der Waals surface area contributed by atoms with Gasteiger partial charge in [-0.2, -0.15) is 0 Å². The van der Waals surface area contributed by atoms with Crippen LogP contribution in [0.5, 0.6) is 5.75 Å². The number of rotatable bonds is 3. The van der Waals surface area contributed by atoms with E-state index in [0.717, 1.165) is 6.04 Å². The van der Waals surface area contributed by atoms with Gasteiger partial charge >= 0.3 is 0 Å². The number of nitrogens with one attached hydrogen (secondary N) is 1. The highest BCUT2D eigenvalue weighted by molar-refractivity contribution is 5.27. The molecule has 19 heavy (non-hydrogen) atoms. The summed E-state index contributed by atoms with van der Waals surface area (Å²) >= 11 is 0. The molecule has 2 aliphatic heterocycles. The average molecular weight is 260 g/mol. The van der Waals surface area contributed by atoms with Crippen LogP contribution >= 0.6 is 0 Å². The Kier molecular flexibility index (Phi) is 3.76. The van der Waals surface area contributed by atoms with Gasteiger partial charge in [0.15, 0.2) is 0 Å². The van der Waals surface area contributed by atoms with Crippen molar-refractivity contribution in [2.75, 3.05) is 13.1 Å². The SMILES string of the molecule is CC(NC1CCN2CCCC2C1)c1ccc(O)cc1. The second-order valence-corrected chi connectivity index (χ2v) is 6.03. The third kappa shape index (κ3) is 2.93. The van der Waals surface area contributed by atoms with Gasteiger partial charge in [-0.1, -0.05) is 12.1 Å². The Hall–Kier alpha value is -1.06. The molecule has 104 valence electrons. The van der Waals surface area contributed by atoms with Gasteiger partial charge in [0.05, 0.1) is 0 Å². The van der Waals surface area contributed by atoms with Gasteiger partial charge in [-0.05, 0) is 63.4 Å². The Morgan fingerprint density at radius 1 is 1.21 bits per heavy atom. The average Bonchev–Trinajstić information content (AvgIpc) is 2.87. The van der Waals surface area contributed by atoms with E-state index in [-0.39, 0.29) is 0 Å². The summed E-state index contributed by atoms with van der Waals surface area (Å²) in [7, 11) is 0. The van der Waals surface area contributed by atoms with Crippen LogP contribution < -0.4 is 5.32 Å². The zero-order valence-electron chi connectivity index (χ0n) is 11.7. The lowest BCUT2D eigenvalue weighted by Gasteiger charge is -2.36. The first-order valence-corrected chi connectivity index (χ1v) is 7.51. The maximum atomic E-state index is 9.34. The quantitative estimate of drug-likeness (QED) is 0.877. The lowest BCUT2D eigenvalue weighted by atomic mass is 9.96. The smallest absolute Gasteiger partial charge is 0.115 e. The molecule has 0 radical (unpaired) electrons. The van der Waals surface area contributed by atoms with Gasteiger partial charge in [0, 0.05) is 18.1 Å². The largest absolute Gasteiger partial charge is 0.508 e. The molecule has 2 N–H and O–H groups in total. The minimum atomic E-state index is 0.343. The monoisotopic (exact) mass is 260 g/mol. The zero-order valence-corrected chi connectivity index (χ0v) is 11.7. The molecule has 2 saturated heterocycles. The number of aromatic hydroxyl groups is 1. The van der Waals surface area contributed by atoms with E-state index >= 15 is 0 Å². The van der Waals surface area contributed by atoms with E-state index in [1.807, 2.05) is 12.1 Å². The van der Waals surface area contributed by atoms with Crippen molar-refractivity contribution < 1.29 is 5.11 Å². The molecule has 0 saturated carbocycles. The molecule has 2 heterocycles. The molecule has 0 amide bonds. The van der Waals surface area contributed by atoms with Crippen molar-refractivity contribution in [1.29, 1.82) is 0 Å². The third-order valence-electron chi connectivity index (χ3n) is 4.70. The van der Waals surface area contributed by atoms with Gasteiger partial charge in [-0.25, -0.2) is 0 Å². The molecule has 0 aliphatic carbocycles. The number of phenols is 1. The van der Waals surface area contributed by atoms with Crippen molar-refractivity contribution in [3.8, 4) is 5.75 Å². The van der Waals surface area contributed by atoms with Crippen LogP contribution in [0.4, 0.5) is 0 Å². The van der Waals surface area contributed by atoms with E-state index in [1.165, 1.54) is 44.3 Å². The van der Waals surface area contributed by atoms with Crippen molar-refractivity contribution in [3.63, 3.8) is 0 Å². The topological polar surface area (TPSA) is 35.5 Å². The molecule has 2 aliphatic rings. The highest BCUT2D eigenvalue weighted by atomic mass is 16.3. The first-order chi connectivity index (χ1) is 9.22. The highest BCUT2D eigenvalue weighted by Crippen LogP contribution is 2.28. The van der Waals surface area contributed by atoms with Gasteiger partial charge in [0.1, 0.15) is 5.75 Å². The van der Waals surface area contributed by atoms with E-state index < -0.39 is 0 Å². The summed E-state index contributed by atoms with van der Waals surface area (Å²) in [4.78, 5) is 2.66. The van der Waals surface area contributed by atoms with Crippen molar-refractivity contribution >= 4 is 0 Å². The summed E-state index contributed by atoms with van der Waals surface area (Å²) < 4.78 is 0. The Morgan fingerprint density at radius 3 is 2.79 bits per heavy atom. The minimum Gasteiger partial charge on any atom is -0.508 e. The lowest BCUT2D eigenvalue weighted by Crippen LogP contribution is -2.46. The molecule has 1 aromatic rings. The van der Waals surface area contributed by atoms with Crippen LogP contribution in [0.2, 0.25) is 0 Å². The van der Waals surface area contributed by atoms with Gasteiger partial charge < -0.3 is 15.3 Å². The van der Waals surface area contributed by atoms with Gasteiger partial charge in [-0.15, -0.1) is 0 Å². The van der Waals surface area contributed by atoms with Crippen LogP contribution in [0.15, 0.2) is 24.3 Å². The summed E-state index contributed by atoms with van der Waals surface area (Å²) in [6.45, 7) is 4.78. The molecule has 3 unspecified atom stereocenters. The number of piperidine rings is 1. The molecule has 2 fully saturated rings. The Bertz CT molecular complexity index is 417. The Labute approximate surface area is 115 Å². The molecule has 3 atom stereocenters. The molecule has 1 aromatic carbocycles. The predicted octanol–water partition coefficient (Wildman–Crippen LogP) is 2.67. The van der Waals surface area contributed by atoms with Crippen LogP contribution in [-0.2, 0) is 0 Å². The molecule has 0 bridgehead atoms. The molecule has 3 heteroatoms. The van der Waals surface area contributed by atoms with Crippen LogP contribution in [0.1, 0.15) is 44.2 Å². The van der Waals surface area contributed by atoms with Crippen molar-refractivity contribution in [1.82, 2.24) is 10.2 Å². The maximum absolute atomic E-state index is 9.34. The van der Waals surface area contributed by atoms with Gasteiger partial charge in [0.2, 0.25) is 0 Å². The van der Waals surface area contributed by atoms with E-state index in [9.17, 15) is 5.11 Å². The minimum absolute atomic E-state index is 0.343. The fraction of sp³-hybridized carbons (Fsp3) is 0.625. The summed E-state index contributed by atoms with van der Waals surface area (Å²) in [6.07, 6.45) is 5.32. The summed E-state index contributed by atoms with van der Waals surface area (Å²) in [5.41, 5.74) is 1.26. The first-order valence-electron chi connectivity index (χ1n) is 7.51. The number of phenolic OH excluding ortho intramolecular Hbond substituents is 1. The second-order valence-electron chi connectivity index (χ2n) is 6.03. The van der Waals surface area contributed by atoms with Crippen molar-refractivity contribution in [2.45, 2.75) is 50.7 Å².